The van der Waals surface area contributed by atoms with Gasteiger partial charge in [0, 0.05) is 12.7 Å². The zero-order valence-corrected chi connectivity index (χ0v) is 15.2. The third-order valence-electron chi connectivity index (χ3n) is 3.82. The highest BCUT2D eigenvalue weighted by Crippen LogP contribution is 2.27. The number of methoxy groups -OCH3 is 2. The Morgan fingerprint density at radius 3 is 2.62 bits per heavy atom. The zero-order valence-electron chi connectivity index (χ0n) is 14.4. The monoisotopic (exact) mass is 371 g/mol. The maximum absolute atomic E-state index is 12.3. The van der Waals surface area contributed by atoms with Crippen LogP contribution in [0.4, 0.5) is 0 Å². The van der Waals surface area contributed by atoms with E-state index < -0.39 is 0 Å². The number of rotatable bonds is 6. The summed E-state index contributed by atoms with van der Waals surface area (Å²) in [4.78, 5) is 12.3. The van der Waals surface area contributed by atoms with E-state index in [-0.39, 0.29) is 5.91 Å². The molecule has 0 aliphatic heterocycles. The summed E-state index contributed by atoms with van der Waals surface area (Å²) in [7, 11) is 3.15. The second-order valence-corrected chi connectivity index (χ2v) is 5.88. The molecule has 1 amide bonds. The van der Waals surface area contributed by atoms with Crippen LogP contribution in [0.5, 0.6) is 11.5 Å². The molecule has 0 radical (unpaired) electrons. The van der Waals surface area contributed by atoms with Crippen LogP contribution in [0.15, 0.2) is 54.7 Å². The average Bonchev–Trinajstić information content (AvgIpc) is 3.16. The highest BCUT2D eigenvalue weighted by atomic mass is 35.5. The number of carbonyl (C=O) groups is 1. The Hall–Kier alpha value is -2.99. The van der Waals surface area contributed by atoms with Crippen molar-refractivity contribution in [2.45, 2.75) is 6.54 Å². The highest BCUT2D eigenvalue weighted by Gasteiger charge is 2.12. The standard InChI is InChI=1S/C19H18ClN3O3/c1-25-17-8-7-13(11-18(17)26-2)12-21-19(24)15-9-10-23(22-15)16-6-4-3-5-14(16)20/h3-11H,12H2,1-2H3,(H,21,24). The van der Waals surface area contributed by atoms with Gasteiger partial charge in [-0.2, -0.15) is 5.10 Å². The number of nitrogens with one attached hydrogen (secondary N) is 1. The van der Waals surface area contributed by atoms with Gasteiger partial charge in [0.15, 0.2) is 17.2 Å². The molecule has 134 valence electrons. The number of ether oxygens (including phenoxy) is 2. The molecule has 3 aromatic rings. The molecule has 7 heteroatoms. The minimum absolute atomic E-state index is 0.273. The van der Waals surface area contributed by atoms with Crippen LogP contribution in [-0.2, 0) is 6.54 Å². The summed E-state index contributed by atoms with van der Waals surface area (Å²) >= 11 is 6.16. The Bertz CT molecular complexity index is 924. The Morgan fingerprint density at radius 2 is 1.88 bits per heavy atom. The molecule has 0 bridgehead atoms. The van der Waals surface area contributed by atoms with Crippen molar-refractivity contribution in [1.82, 2.24) is 15.1 Å². The van der Waals surface area contributed by atoms with Crippen molar-refractivity contribution in [2.75, 3.05) is 14.2 Å². The molecule has 0 fully saturated rings. The molecule has 0 spiro atoms. The van der Waals surface area contributed by atoms with Crippen LogP contribution in [-0.4, -0.2) is 29.9 Å². The van der Waals surface area contributed by atoms with Crippen molar-refractivity contribution < 1.29 is 14.3 Å². The molecule has 2 aromatic carbocycles. The molecule has 0 aliphatic carbocycles. The maximum Gasteiger partial charge on any atom is 0.272 e. The van der Waals surface area contributed by atoms with Gasteiger partial charge in [-0.3, -0.25) is 4.79 Å². The molecule has 0 saturated carbocycles. The minimum Gasteiger partial charge on any atom is -0.493 e. The first-order valence-electron chi connectivity index (χ1n) is 7.92. The fourth-order valence-corrected chi connectivity index (χ4v) is 2.70. The van der Waals surface area contributed by atoms with E-state index in [1.807, 2.05) is 30.3 Å². The number of halogens is 1. The van der Waals surface area contributed by atoms with Gasteiger partial charge < -0.3 is 14.8 Å². The van der Waals surface area contributed by atoms with E-state index >= 15 is 0 Å². The molecule has 1 N–H and O–H groups in total. The van der Waals surface area contributed by atoms with Crippen molar-refractivity contribution >= 4 is 17.5 Å². The molecular weight excluding hydrogens is 354 g/mol. The lowest BCUT2D eigenvalue weighted by Crippen LogP contribution is -2.23. The number of carbonyl (C=O) groups excluding carboxylic acids is 1. The molecule has 3 rings (SSSR count). The number of hydrogen-bond donors (Lipinski definition) is 1. The highest BCUT2D eigenvalue weighted by molar-refractivity contribution is 6.32. The van der Waals surface area contributed by atoms with Crippen molar-refractivity contribution in [3.05, 3.63) is 71.0 Å². The van der Waals surface area contributed by atoms with Gasteiger partial charge in [0.2, 0.25) is 0 Å². The molecule has 0 aliphatic rings. The number of benzene rings is 2. The van der Waals surface area contributed by atoms with E-state index in [0.717, 1.165) is 5.56 Å². The van der Waals surface area contributed by atoms with Gasteiger partial charge >= 0.3 is 0 Å². The summed E-state index contributed by atoms with van der Waals surface area (Å²) in [6.07, 6.45) is 1.70. The Labute approximate surface area is 156 Å². The lowest BCUT2D eigenvalue weighted by Gasteiger charge is -2.10. The molecule has 0 saturated heterocycles. The number of para-hydroxylation sites is 1. The third-order valence-corrected chi connectivity index (χ3v) is 4.14. The second-order valence-electron chi connectivity index (χ2n) is 5.47. The second kappa shape index (κ2) is 7.93. The molecule has 1 heterocycles. The molecule has 0 unspecified atom stereocenters. The van der Waals surface area contributed by atoms with Crippen LogP contribution >= 0.6 is 11.6 Å². The van der Waals surface area contributed by atoms with Crippen LogP contribution in [0.25, 0.3) is 5.69 Å². The first-order chi connectivity index (χ1) is 12.6. The molecular formula is C19H18ClN3O3. The van der Waals surface area contributed by atoms with Gasteiger partial charge in [0.1, 0.15) is 0 Å². The first kappa shape index (κ1) is 17.8. The van der Waals surface area contributed by atoms with Gasteiger partial charge in [-0.05, 0) is 35.9 Å². The van der Waals surface area contributed by atoms with E-state index in [0.29, 0.717) is 34.4 Å². The quantitative estimate of drug-likeness (QED) is 0.720. The molecule has 26 heavy (non-hydrogen) atoms. The van der Waals surface area contributed by atoms with Gasteiger partial charge in [0.05, 0.1) is 24.9 Å². The minimum atomic E-state index is -0.273. The van der Waals surface area contributed by atoms with E-state index in [1.165, 1.54) is 0 Å². The van der Waals surface area contributed by atoms with Crippen LogP contribution < -0.4 is 14.8 Å². The van der Waals surface area contributed by atoms with Crippen molar-refractivity contribution in [3.8, 4) is 17.2 Å². The fraction of sp³-hybridized carbons (Fsp3) is 0.158. The van der Waals surface area contributed by atoms with Crippen molar-refractivity contribution in [1.29, 1.82) is 0 Å². The summed E-state index contributed by atoms with van der Waals surface area (Å²) < 4.78 is 12.0. The van der Waals surface area contributed by atoms with Crippen LogP contribution in [0.2, 0.25) is 5.02 Å². The first-order valence-corrected chi connectivity index (χ1v) is 8.30. The van der Waals surface area contributed by atoms with Crippen LogP contribution in [0.3, 0.4) is 0 Å². The fourth-order valence-electron chi connectivity index (χ4n) is 2.48. The van der Waals surface area contributed by atoms with Gasteiger partial charge in [-0.15, -0.1) is 0 Å². The molecule has 6 nitrogen and oxygen atoms in total. The maximum atomic E-state index is 12.3. The molecule has 0 atom stereocenters. The Kier molecular flexibility index (Phi) is 5.43. The third kappa shape index (κ3) is 3.81. The lowest BCUT2D eigenvalue weighted by atomic mass is 10.2. The van der Waals surface area contributed by atoms with Crippen LogP contribution in [0, 0.1) is 0 Å². The number of aromatic nitrogens is 2. The largest absolute Gasteiger partial charge is 0.493 e. The Morgan fingerprint density at radius 1 is 1.12 bits per heavy atom. The van der Waals surface area contributed by atoms with Crippen molar-refractivity contribution in [3.63, 3.8) is 0 Å². The Balaban J connectivity index is 1.69. The van der Waals surface area contributed by atoms with E-state index in [9.17, 15) is 4.79 Å². The predicted molar refractivity (Wildman–Crippen MR) is 99.3 cm³/mol. The average molecular weight is 372 g/mol. The smallest absolute Gasteiger partial charge is 0.272 e. The lowest BCUT2D eigenvalue weighted by molar-refractivity contribution is 0.0945. The number of amides is 1. The normalized spacial score (nSPS) is 10.4. The number of nitrogens with zero attached hydrogens (tertiary/aromatic N) is 2. The van der Waals surface area contributed by atoms with Gasteiger partial charge in [-0.1, -0.05) is 29.8 Å². The summed E-state index contributed by atoms with van der Waals surface area (Å²) in [6, 6.07) is 14.4. The van der Waals surface area contributed by atoms with Crippen LogP contribution in [0.1, 0.15) is 16.1 Å². The van der Waals surface area contributed by atoms with Gasteiger partial charge in [0.25, 0.3) is 5.91 Å². The topological polar surface area (TPSA) is 65.4 Å². The van der Waals surface area contributed by atoms with E-state index in [4.69, 9.17) is 21.1 Å². The summed E-state index contributed by atoms with van der Waals surface area (Å²) in [6.45, 7) is 0.345. The summed E-state index contributed by atoms with van der Waals surface area (Å²) in [5, 5.41) is 7.69. The predicted octanol–water partition coefficient (Wildman–Crippen LogP) is 3.47. The zero-order chi connectivity index (χ0) is 18.5. The van der Waals surface area contributed by atoms with Gasteiger partial charge in [-0.25, -0.2) is 4.68 Å². The van der Waals surface area contributed by atoms with E-state index in [2.05, 4.69) is 10.4 Å². The molecule has 1 aromatic heterocycles. The SMILES string of the molecule is COc1ccc(CNC(=O)c2ccn(-c3ccccc3Cl)n2)cc1OC. The van der Waals surface area contributed by atoms with Crippen molar-refractivity contribution in [2.24, 2.45) is 0 Å². The van der Waals surface area contributed by atoms with E-state index in [1.54, 1.807) is 43.3 Å². The summed E-state index contributed by atoms with van der Waals surface area (Å²) in [5.41, 5.74) is 1.92. The summed E-state index contributed by atoms with van der Waals surface area (Å²) in [5.74, 6) is 0.980. The number of hydrogen-bond acceptors (Lipinski definition) is 4.